The first kappa shape index (κ1) is 12.5. The van der Waals surface area contributed by atoms with Crippen LogP contribution in [0.3, 0.4) is 0 Å². The van der Waals surface area contributed by atoms with Crippen LogP contribution in [-0.2, 0) is 13.6 Å². The van der Waals surface area contributed by atoms with Crippen molar-refractivity contribution in [2.24, 2.45) is 7.05 Å². The predicted molar refractivity (Wildman–Crippen MR) is 67.6 cm³/mol. The van der Waals surface area contributed by atoms with Crippen LogP contribution >= 0.6 is 0 Å². The molecule has 0 unspecified atom stereocenters. The van der Waals surface area contributed by atoms with Crippen LogP contribution in [0.1, 0.15) is 32.5 Å². The molecule has 0 radical (unpaired) electrons. The van der Waals surface area contributed by atoms with Gasteiger partial charge in [0.05, 0.1) is 6.54 Å². The molecule has 1 saturated heterocycles. The lowest BCUT2D eigenvalue weighted by molar-refractivity contribution is 0.115. The Kier molecular flexibility index (Phi) is 3.79. The zero-order valence-electron chi connectivity index (χ0n) is 11.1. The fourth-order valence-electron chi connectivity index (χ4n) is 2.56. The summed E-state index contributed by atoms with van der Waals surface area (Å²) in [6.45, 7) is 8.70. The minimum Gasteiger partial charge on any atom is -0.309 e. The molecular weight excluding hydrogens is 214 g/mol. The van der Waals surface area contributed by atoms with E-state index in [9.17, 15) is 0 Å². The second-order valence-electron chi connectivity index (χ2n) is 4.92. The molecule has 1 aliphatic rings. The van der Waals surface area contributed by atoms with Crippen LogP contribution in [0.15, 0.2) is 6.33 Å². The first-order chi connectivity index (χ1) is 8.19. The van der Waals surface area contributed by atoms with E-state index in [2.05, 4.69) is 34.1 Å². The van der Waals surface area contributed by atoms with Crippen LogP contribution in [0.25, 0.3) is 0 Å². The number of hydrogen-bond acceptors (Lipinski definition) is 4. The smallest absolute Gasteiger partial charge is 0.140 e. The lowest BCUT2D eigenvalue weighted by atomic mass is 9.90. The summed E-state index contributed by atoms with van der Waals surface area (Å²) in [5.74, 6) is 1.05. The minimum absolute atomic E-state index is 0.289. The minimum atomic E-state index is 0.289. The largest absolute Gasteiger partial charge is 0.309 e. The maximum absolute atomic E-state index is 4.30. The van der Waals surface area contributed by atoms with Gasteiger partial charge in [0.15, 0.2) is 0 Å². The molecule has 5 heteroatoms. The summed E-state index contributed by atoms with van der Waals surface area (Å²) < 4.78 is 1.86. The molecule has 0 aliphatic carbocycles. The van der Waals surface area contributed by atoms with E-state index >= 15 is 0 Å². The first-order valence-electron chi connectivity index (χ1n) is 6.49. The molecule has 0 amide bonds. The Morgan fingerprint density at radius 1 is 1.41 bits per heavy atom. The van der Waals surface area contributed by atoms with E-state index in [1.807, 2.05) is 11.7 Å². The topological polar surface area (TPSA) is 46.0 Å². The standard InChI is InChI=1S/C12H23N5/c1-4-12(5-2)9-17(7-6-14-12)8-11-13-10-15-16(11)3/h10,14H,4-9H2,1-3H3. The summed E-state index contributed by atoms with van der Waals surface area (Å²) >= 11 is 0. The molecular formula is C12H23N5. The molecule has 0 spiro atoms. The average molecular weight is 237 g/mol. The monoisotopic (exact) mass is 237 g/mol. The lowest BCUT2D eigenvalue weighted by Gasteiger charge is -2.43. The number of rotatable bonds is 4. The highest BCUT2D eigenvalue weighted by molar-refractivity contribution is 4.94. The SMILES string of the molecule is CCC1(CC)CN(Cc2ncnn2C)CCN1. The Balaban J connectivity index is 2.00. The molecule has 0 bridgehead atoms. The Bertz CT molecular complexity index is 356. The maximum atomic E-state index is 4.30. The molecule has 96 valence electrons. The molecule has 1 fully saturated rings. The Labute approximate surface area is 103 Å². The number of aromatic nitrogens is 3. The number of nitrogens with one attached hydrogen (secondary N) is 1. The van der Waals surface area contributed by atoms with Gasteiger partial charge < -0.3 is 5.32 Å². The van der Waals surface area contributed by atoms with Gasteiger partial charge in [0.25, 0.3) is 0 Å². The fourth-order valence-corrected chi connectivity index (χ4v) is 2.56. The van der Waals surface area contributed by atoms with Crippen LogP contribution in [0.4, 0.5) is 0 Å². The van der Waals surface area contributed by atoms with Gasteiger partial charge in [-0.2, -0.15) is 5.10 Å². The summed E-state index contributed by atoms with van der Waals surface area (Å²) in [6, 6.07) is 0. The van der Waals surface area contributed by atoms with Crippen molar-refractivity contribution in [2.75, 3.05) is 19.6 Å². The molecule has 0 aromatic carbocycles. The van der Waals surface area contributed by atoms with Gasteiger partial charge in [0.1, 0.15) is 12.2 Å². The van der Waals surface area contributed by atoms with Crippen molar-refractivity contribution in [3.8, 4) is 0 Å². The summed E-state index contributed by atoms with van der Waals surface area (Å²) in [6.07, 6.45) is 3.99. The van der Waals surface area contributed by atoms with Crippen LogP contribution < -0.4 is 5.32 Å². The fraction of sp³-hybridized carbons (Fsp3) is 0.833. The van der Waals surface area contributed by atoms with E-state index in [4.69, 9.17) is 0 Å². The van der Waals surface area contributed by atoms with E-state index in [0.717, 1.165) is 32.0 Å². The average Bonchev–Trinajstić information content (AvgIpc) is 2.75. The molecule has 2 rings (SSSR count). The highest BCUT2D eigenvalue weighted by Crippen LogP contribution is 2.20. The van der Waals surface area contributed by atoms with Gasteiger partial charge in [0.2, 0.25) is 0 Å². The van der Waals surface area contributed by atoms with Crippen molar-refractivity contribution in [3.05, 3.63) is 12.2 Å². The van der Waals surface area contributed by atoms with Gasteiger partial charge >= 0.3 is 0 Å². The number of nitrogens with zero attached hydrogens (tertiary/aromatic N) is 4. The van der Waals surface area contributed by atoms with Crippen LogP contribution in [0, 0.1) is 0 Å². The molecule has 17 heavy (non-hydrogen) atoms. The summed E-state index contributed by atoms with van der Waals surface area (Å²) in [5.41, 5.74) is 0.289. The third-order valence-corrected chi connectivity index (χ3v) is 3.98. The molecule has 1 N–H and O–H groups in total. The third kappa shape index (κ3) is 2.66. The van der Waals surface area contributed by atoms with Gasteiger partial charge in [-0.1, -0.05) is 13.8 Å². The van der Waals surface area contributed by atoms with E-state index < -0.39 is 0 Å². The lowest BCUT2D eigenvalue weighted by Crippen LogP contribution is -2.59. The van der Waals surface area contributed by atoms with Gasteiger partial charge in [-0.05, 0) is 12.8 Å². The van der Waals surface area contributed by atoms with Crippen molar-refractivity contribution in [2.45, 2.75) is 38.8 Å². The molecule has 2 heterocycles. The van der Waals surface area contributed by atoms with Crippen molar-refractivity contribution < 1.29 is 0 Å². The Morgan fingerprint density at radius 2 is 2.18 bits per heavy atom. The number of piperazine rings is 1. The van der Waals surface area contributed by atoms with Crippen molar-refractivity contribution >= 4 is 0 Å². The Morgan fingerprint density at radius 3 is 2.76 bits per heavy atom. The van der Waals surface area contributed by atoms with Gasteiger partial charge in [-0.3, -0.25) is 9.58 Å². The molecule has 0 atom stereocenters. The van der Waals surface area contributed by atoms with Crippen molar-refractivity contribution in [1.29, 1.82) is 0 Å². The van der Waals surface area contributed by atoms with Crippen LogP contribution in [0.2, 0.25) is 0 Å². The maximum Gasteiger partial charge on any atom is 0.140 e. The number of aryl methyl sites for hydroxylation is 1. The molecule has 5 nitrogen and oxygen atoms in total. The molecule has 1 aromatic heterocycles. The van der Waals surface area contributed by atoms with Gasteiger partial charge in [-0.25, -0.2) is 4.98 Å². The zero-order valence-corrected chi connectivity index (χ0v) is 11.1. The second-order valence-corrected chi connectivity index (χ2v) is 4.92. The van der Waals surface area contributed by atoms with Crippen molar-refractivity contribution in [3.63, 3.8) is 0 Å². The normalized spacial score (nSPS) is 20.6. The van der Waals surface area contributed by atoms with Crippen LogP contribution in [-0.4, -0.2) is 44.8 Å². The highest BCUT2D eigenvalue weighted by atomic mass is 15.3. The van der Waals surface area contributed by atoms with Crippen LogP contribution in [0.5, 0.6) is 0 Å². The van der Waals surface area contributed by atoms with E-state index in [1.54, 1.807) is 6.33 Å². The third-order valence-electron chi connectivity index (χ3n) is 3.98. The quantitative estimate of drug-likeness (QED) is 0.840. The second kappa shape index (κ2) is 5.14. The first-order valence-corrected chi connectivity index (χ1v) is 6.49. The predicted octanol–water partition coefficient (Wildman–Crippen LogP) is 0.779. The summed E-state index contributed by atoms with van der Waals surface area (Å²) in [7, 11) is 1.96. The molecule has 0 saturated carbocycles. The number of hydrogen-bond donors (Lipinski definition) is 1. The highest BCUT2D eigenvalue weighted by Gasteiger charge is 2.31. The van der Waals surface area contributed by atoms with Gasteiger partial charge in [0, 0.05) is 32.2 Å². The van der Waals surface area contributed by atoms with E-state index in [1.165, 1.54) is 12.8 Å². The molecule has 1 aliphatic heterocycles. The zero-order chi connectivity index (χ0) is 12.3. The summed E-state index contributed by atoms with van der Waals surface area (Å²) in [5, 5.41) is 7.79. The summed E-state index contributed by atoms with van der Waals surface area (Å²) in [4.78, 5) is 6.78. The Hall–Kier alpha value is -0.940. The van der Waals surface area contributed by atoms with E-state index in [0.29, 0.717) is 0 Å². The molecule has 1 aromatic rings. The van der Waals surface area contributed by atoms with Crippen molar-refractivity contribution in [1.82, 2.24) is 25.0 Å². The van der Waals surface area contributed by atoms with E-state index in [-0.39, 0.29) is 5.54 Å². The van der Waals surface area contributed by atoms with Gasteiger partial charge in [-0.15, -0.1) is 0 Å².